The van der Waals surface area contributed by atoms with Crippen LogP contribution in [0.2, 0.25) is 0 Å². The van der Waals surface area contributed by atoms with Crippen LogP contribution in [0.1, 0.15) is 51.8 Å². The van der Waals surface area contributed by atoms with Crippen molar-refractivity contribution in [2.75, 3.05) is 29.9 Å². The SMILES string of the molecule is CCCc1cc(N2CCC(NC3CN(C(=O)O)C3C(C)(C)C)C2)nc(Nc2cccc(C#N)c2)n1. The largest absolute Gasteiger partial charge is 0.465 e. The second-order valence-corrected chi connectivity index (χ2v) is 10.6. The van der Waals surface area contributed by atoms with Gasteiger partial charge in [0.2, 0.25) is 5.95 Å². The first-order valence-corrected chi connectivity index (χ1v) is 12.3. The molecule has 3 unspecified atom stereocenters. The van der Waals surface area contributed by atoms with Gasteiger partial charge in [-0.2, -0.15) is 10.2 Å². The first-order chi connectivity index (χ1) is 16.7. The van der Waals surface area contributed by atoms with E-state index in [9.17, 15) is 15.2 Å². The van der Waals surface area contributed by atoms with Gasteiger partial charge >= 0.3 is 6.09 Å². The summed E-state index contributed by atoms with van der Waals surface area (Å²) in [7, 11) is 0. The molecule has 3 atom stereocenters. The third-order valence-corrected chi connectivity index (χ3v) is 6.72. The van der Waals surface area contributed by atoms with Gasteiger partial charge in [-0.05, 0) is 36.5 Å². The number of carbonyl (C=O) groups is 1. The van der Waals surface area contributed by atoms with Crippen LogP contribution in [0.5, 0.6) is 0 Å². The molecule has 186 valence electrons. The van der Waals surface area contributed by atoms with Gasteiger partial charge in [-0.15, -0.1) is 0 Å². The van der Waals surface area contributed by atoms with Crippen LogP contribution >= 0.6 is 0 Å². The molecule has 9 heteroatoms. The summed E-state index contributed by atoms with van der Waals surface area (Å²) in [4.78, 5) is 24.9. The molecule has 9 nitrogen and oxygen atoms in total. The van der Waals surface area contributed by atoms with Crippen LogP contribution < -0.4 is 15.5 Å². The maximum Gasteiger partial charge on any atom is 0.407 e. The molecule has 35 heavy (non-hydrogen) atoms. The molecule has 0 saturated carbocycles. The van der Waals surface area contributed by atoms with Crippen molar-refractivity contribution >= 4 is 23.5 Å². The summed E-state index contributed by atoms with van der Waals surface area (Å²) in [6, 6.07) is 11.9. The van der Waals surface area contributed by atoms with Crippen LogP contribution in [0.4, 0.5) is 22.2 Å². The lowest BCUT2D eigenvalue weighted by Crippen LogP contribution is -2.72. The number of nitriles is 1. The summed E-state index contributed by atoms with van der Waals surface area (Å²) in [6.45, 7) is 10.6. The fourth-order valence-corrected chi connectivity index (χ4v) is 5.20. The number of rotatable bonds is 7. The highest BCUT2D eigenvalue weighted by Crippen LogP contribution is 2.35. The molecule has 0 radical (unpaired) electrons. The van der Waals surface area contributed by atoms with Gasteiger partial charge in [-0.3, -0.25) is 0 Å². The smallest absolute Gasteiger partial charge is 0.407 e. The second-order valence-electron chi connectivity index (χ2n) is 10.6. The summed E-state index contributed by atoms with van der Waals surface area (Å²) in [5.41, 5.74) is 2.22. The highest BCUT2D eigenvalue weighted by molar-refractivity contribution is 5.67. The fourth-order valence-electron chi connectivity index (χ4n) is 5.20. The number of hydrogen-bond donors (Lipinski definition) is 3. The number of amides is 1. The van der Waals surface area contributed by atoms with Gasteiger partial charge in [-0.25, -0.2) is 9.78 Å². The molecule has 0 bridgehead atoms. The quantitative estimate of drug-likeness (QED) is 0.548. The summed E-state index contributed by atoms with van der Waals surface area (Å²) in [5, 5.41) is 25.7. The van der Waals surface area contributed by atoms with Crippen LogP contribution in [-0.2, 0) is 6.42 Å². The lowest BCUT2D eigenvalue weighted by molar-refractivity contribution is -0.0154. The first-order valence-electron chi connectivity index (χ1n) is 12.3. The predicted octanol–water partition coefficient (Wildman–Crippen LogP) is 3.99. The Labute approximate surface area is 207 Å². The van der Waals surface area contributed by atoms with Gasteiger partial charge in [0.15, 0.2) is 0 Å². The Kier molecular flexibility index (Phi) is 7.13. The van der Waals surface area contributed by atoms with Gasteiger partial charge in [-0.1, -0.05) is 40.2 Å². The number of hydrogen-bond acceptors (Lipinski definition) is 7. The Morgan fingerprint density at radius 2 is 2.06 bits per heavy atom. The number of nitrogens with one attached hydrogen (secondary N) is 2. The van der Waals surface area contributed by atoms with Crippen molar-refractivity contribution in [2.24, 2.45) is 5.41 Å². The maximum absolute atomic E-state index is 11.6. The van der Waals surface area contributed by atoms with Crippen molar-refractivity contribution in [1.29, 1.82) is 5.26 Å². The van der Waals surface area contributed by atoms with E-state index in [0.717, 1.165) is 49.6 Å². The molecule has 1 aromatic carbocycles. The van der Waals surface area contributed by atoms with Crippen molar-refractivity contribution in [3.63, 3.8) is 0 Å². The molecular weight excluding hydrogens is 442 g/mol. The zero-order chi connectivity index (χ0) is 25.2. The Morgan fingerprint density at radius 1 is 1.26 bits per heavy atom. The van der Waals surface area contributed by atoms with E-state index >= 15 is 0 Å². The number of aromatic nitrogens is 2. The van der Waals surface area contributed by atoms with E-state index in [1.807, 2.05) is 12.1 Å². The number of carboxylic acid groups (broad SMARTS) is 1. The van der Waals surface area contributed by atoms with E-state index in [2.05, 4.69) is 60.3 Å². The minimum Gasteiger partial charge on any atom is -0.465 e. The normalized spacial score (nSPS) is 22.0. The third kappa shape index (κ3) is 5.65. The van der Waals surface area contributed by atoms with E-state index in [0.29, 0.717) is 18.1 Å². The van der Waals surface area contributed by atoms with Crippen molar-refractivity contribution in [1.82, 2.24) is 20.2 Å². The number of nitrogens with zero attached hydrogens (tertiary/aromatic N) is 5. The molecule has 0 aliphatic carbocycles. The molecule has 3 heterocycles. The molecule has 0 spiro atoms. The standard InChI is InChI=1S/C26H35N7O2/c1-5-7-18-13-22(31-24(29-18)30-19-9-6-8-17(12-19)14-27)32-11-10-20(15-32)28-21-16-33(25(34)35)23(21)26(2,3)4/h6,8-9,12-13,20-21,23,28H,5,7,10-11,15-16H2,1-4H3,(H,34,35)(H,29,30,31). The molecule has 2 aromatic rings. The van der Waals surface area contributed by atoms with E-state index in [-0.39, 0.29) is 23.5 Å². The van der Waals surface area contributed by atoms with Crippen LogP contribution in [0.15, 0.2) is 30.3 Å². The molecule has 2 aliphatic rings. The van der Waals surface area contributed by atoms with Gasteiger partial charge in [0.05, 0.1) is 17.7 Å². The summed E-state index contributed by atoms with van der Waals surface area (Å²) in [6.07, 6.45) is 1.97. The van der Waals surface area contributed by atoms with Crippen LogP contribution in [-0.4, -0.2) is 63.8 Å². The molecule has 3 N–H and O–H groups in total. The van der Waals surface area contributed by atoms with E-state index < -0.39 is 6.09 Å². The van der Waals surface area contributed by atoms with Gasteiger partial charge in [0, 0.05) is 49.2 Å². The molecular formula is C26H35N7O2. The zero-order valence-corrected chi connectivity index (χ0v) is 21.0. The molecule has 1 aromatic heterocycles. The van der Waals surface area contributed by atoms with Gasteiger partial charge < -0.3 is 25.5 Å². The highest BCUT2D eigenvalue weighted by Gasteiger charge is 2.49. The summed E-state index contributed by atoms with van der Waals surface area (Å²) < 4.78 is 0. The van der Waals surface area contributed by atoms with Crippen LogP contribution in [0, 0.1) is 16.7 Å². The van der Waals surface area contributed by atoms with Gasteiger partial charge in [0.1, 0.15) is 5.82 Å². The maximum atomic E-state index is 11.6. The molecule has 2 fully saturated rings. The topological polar surface area (TPSA) is 117 Å². The fraction of sp³-hybridized carbons (Fsp3) is 0.538. The minimum atomic E-state index is -0.846. The molecule has 4 rings (SSSR count). The highest BCUT2D eigenvalue weighted by atomic mass is 16.4. The molecule has 2 saturated heterocycles. The molecule has 2 aliphatic heterocycles. The Morgan fingerprint density at radius 3 is 2.74 bits per heavy atom. The number of anilines is 3. The third-order valence-electron chi connectivity index (χ3n) is 6.72. The number of aryl methyl sites for hydroxylation is 1. The Balaban J connectivity index is 1.46. The van der Waals surface area contributed by atoms with E-state index in [4.69, 9.17) is 4.98 Å². The summed E-state index contributed by atoms with van der Waals surface area (Å²) in [5.74, 6) is 1.42. The van der Waals surface area contributed by atoms with Gasteiger partial charge in [0.25, 0.3) is 0 Å². The average molecular weight is 478 g/mol. The summed E-state index contributed by atoms with van der Waals surface area (Å²) >= 11 is 0. The van der Waals surface area contributed by atoms with Crippen molar-refractivity contribution < 1.29 is 9.90 Å². The second kappa shape index (κ2) is 10.1. The zero-order valence-electron chi connectivity index (χ0n) is 21.0. The Hall–Kier alpha value is -3.38. The van der Waals surface area contributed by atoms with E-state index in [1.165, 1.54) is 0 Å². The Bertz CT molecular complexity index is 1110. The van der Waals surface area contributed by atoms with Crippen LogP contribution in [0.3, 0.4) is 0 Å². The average Bonchev–Trinajstić information content (AvgIpc) is 3.24. The van der Waals surface area contributed by atoms with Crippen molar-refractivity contribution in [3.8, 4) is 6.07 Å². The minimum absolute atomic E-state index is 0.0377. The lowest BCUT2D eigenvalue weighted by Gasteiger charge is -2.53. The predicted molar refractivity (Wildman–Crippen MR) is 136 cm³/mol. The van der Waals surface area contributed by atoms with Crippen LogP contribution in [0.25, 0.3) is 0 Å². The molecule has 1 amide bonds. The van der Waals surface area contributed by atoms with Crippen molar-refractivity contribution in [2.45, 2.75) is 65.1 Å². The number of benzene rings is 1. The monoisotopic (exact) mass is 477 g/mol. The number of likely N-dealkylation sites (tertiary alicyclic amines) is 1. The first kappa shape index (κ1) is 24.7. The lowest BCUT2D eigenvalue weighted by atomic mass is 9.76. The van der Waals surface area contributed by atoms with Crippen molar-refractivity contribution in [3.05, 3.63) is 41.6 Å². The van der Waals surface area contributed by atoms with E-state index in [1.54, 1.807) is 17.0 Å².